The Morgan fingerprint density at radius 1 is 1.28 bits per heavy atom. The lowest BCUT2D eigenvalue weighted by Gasteiger charge is -2.08. The van der Waals surface area contributed by atoms with Crippen LogP contribution in [0.3, 0.4) is 0 Å². The minimum atomic E-state index is -0.362. The van der Waals surface area contributed by atoms with E-state index in [2.05, 4.69) is 20.8 Å². The van der Waals surface area contributed by atoms with Crippen molar-refractivity contribution in [2.45, 2.75) is 13.5 Å². The molecule has 1 aromatic carbocycles. The van der Waals surface area contributed by atoms with Crippen LogP contribution in [-0.2, 0) is 13.6 Å². The highest BCUT2D eigenvalue weighted by Gasteiger charge is 2.08. The smallest absolute Gasteiger partial charge is 0.175 e. The molecular formula is C16H16ClFN6S. The second-order valence-corrected chi connectivity index (χ2v) is 6.32. The average Bonchev–Trinajstić information content (AvgIpc) is 3.11. The summed E-state index contributed by atoms with van der Waals surface area (Å²) in [5.74, 6) is -0.362. The SMILES string of the molecule is Cc1c(NC(=S)Nc2cnn(Cc3ccc(F)cc3Cl)c2)cnn1C. The van der Waals surface area contributed by atoms with Crippen molar-refractivity contribution in [1.29, 1.82) is 0 Å². The van der Waals surface area contributed by atoms with Crippen LogP contribution in [-0.4, -0.2) is 24.7 Å². The van der Waals surface area contributed by atoms with Gasteiger partial charge in [0.15, 0.2) is 5.11 Å². The first-order valence-corrected chi connectivity index (χ1v) is 8.24. The van der Waals surface area contributed by atoms with Gasteiger partial charge in [-0.05, 0) is 36.8 Å². The van der Waals surface area contributed by atoms with Gasteiger partial charge in [0, 0.05) is 18.3 Å². The lowest BCUT2D eigenvalue weighted by atomic mass is 10.2. The third-order valence-electron chi connectivity index (χ3n) is 3.72. The summed E-state index contributed by atoms with van der Waals surface area (Å²) in [7, 11) is 1.86. The molecule has 0 unspecified atom stereocenters. The van der Waals surface area contributed by atoms with E-state index in [0.29, 0.717) is 16.7 Å². The summed E-state index contributed by atoms with van der Waals surface area (Å²) >= 11 is 11.3. The largest absolute Gasteiger partial charge is 0.330 e. The van der Waals surface area contributed by atoms with Crippen LogP contribution in [0.1, 0.15) is 11.3 Å². The molecule has 0 saturated heterocycles. The first-order chi connectivity index (χ1) is 11.9. The molecule has 2 N–H and O–H groups in total. The minimum Gasteiger partial charge on any atom is -0.330 e. The Balaban J connectivity index is 1.63. The number of aromatic nitrogens is 4. The van der Waals surface area contributed by atoms with Crippen molar-refractivity contribution in [3.05, 3.63) is 58.9 Å². The van der Waals surface area contributed by atoms with E-state index in [0.717, 1.165) is 22.6 Å². The van der Waals surface area contributed by atoms with Crippen molar-refractivity contribution in [3.8, 4) is 0 Å². The number of thiocarbonyl (C=S) groups is 1. The summed E-state index contributed by atoms with van der Waals surface area (Å²) in [6, 6.07) is 4.30. The van der Waals surface area contributed by atoms with Gasteiger partial charge in [-0.15, -0.1) is 0 Å². The summed E-state index contributed by atoms with van der Waals surface area (Å²) in [6.07, 6.45) is 5.16. The second-order valence-electron chi connectivity index (χ2n) is 5.51. The third kappa shape index (κ3) is 4.15. The maximum atomic E-state index is 13.1. The molecule has 0 saturated carbocycles. The molecule has 9 heteroatoms. The zero-order valence-electron chi connectivity index (χ0n) is 13.6. The molecule has 0 aliphatic carbocycles. The van der Waals surface area contributed by atoms with Gasteiger partial charge in [-0.1, -0.05) is 17.7 Å². The highest BCUT2D eigenvalue weighted by molar-refractivity contribution is 7.80. The Labute approximate surface area is 154 Å². The second kappa shape index (κ2) is 7.20. The molecule has 0 atom stereocenters. The van der Waals surface area contributed by atoms with Crippen LogP contribution in [0.15, 0.2) is 36.8 Å². The van der Waals surface area contributed by atoms with Crippen molar-refractivity contribution < 1.29 is 4.39 Å². The number of aryl methyl sites for hydroxylation is 1. The molecule has 0 aliphatic rings. The maximum absolute atomic E-state index is 13.1. The first-order valence-electron chi connectivity index (χ1n) is 7.45. The van der Waals surface area contributed by atoms with Crippen molar-refractivity contribution in [1.82, 2.24) is 19.6 Å². The van der Waals surface area contributed by atoms with Gasteiger partial charge in [-0.2, -0.15) is 10.2 Å². The van der Waals surface area contributed by atoms with Gasteiger partial charge in [0.2, 0.25) is 0 Å². The van der Waals surface area contributed by atoms with Crippen LogP contribution in [0.5, 0.6) is 0 Å². The van der Waals surface area contributed by atoms with Crippen LogP contribution >= 0.6 is 23.8 Å². The Morgan fingerprint density at radius 3 is 2.76 bits per heavy atom. The number of hydrogen-bond acceptors (Lipinski definition) is 3. The molecule has 0 spiro atoms. The van der Waals surface area contributed by atoms with Gasteiger partial charge in [-0.25, -0.2) is 4.39 Å². The van der Waals surface area contributed by atoms with Crippen LogP contribution in [0, 0.1) is 12.7 Å². The van der Waals surface area contributed by atoms with Crippen molar-refractivity contribution in [3.63, 3.8) is 0 Å². The molecule has 2 aromatic heterocycles. The van der Waals surface area contributed by atoms with E-state index in [-0.39, 0.29) is 5.82 Å². The normalized spacial score (nSPS) is 10.7. The summed E-state index contributed by atoms with van der Waals surface area (Å²) in [6.45, 7) is 2.38. The quantitative estimate of drug-likeness (QED) is 0.679. The van der Waals surface area contributed by atoms with Gasteiger partial charge >= 0.3 is 0 Å². The van der Waals surface area contributed by atoms with Gasteiger partial charge in [-0.3, -0.25) is 9.36 Å². The van der Waals surface area contributed by atoms with Crippen LogP contribution < -0.4 is 10.6 Å². The molecule has 3 rings (SSSR count). The Hall–Kier alpha value is -2.45. The fourth-order valence-corrected chi connectivity index (χ4v) is 2.70. The molecule has 130 valence electrons. The van der Waals surface area contributed by atoms with Crippen molar-refractivity contribution >= 4 is 40.3 Å². The van der Waals surface area contributed by atoms with E-state index >= 15 is 0 Å². The monoisotopic (exact) mass is 378 g/mol. The van der Waals surface area contributed by atoms with E-state index in [1.54, 1.807) is 34.0 Å². The molecule has 0 amide bonds. The van der Waals surface area contributed by atoms with E-state index in [4.69, 9.17) is 23.8 Å². The topological polar surface area (TPSA) is 59.7 Å². The molecule has 6 nitrogen and oxygen atoms in total. The van der Waals surface area contributed by atoms with E-state index in [9.17, 15) is 4.39 Å². The molecule has 3 aromatic rings. The minimum absolute atomic E-state index is 0.362. The highest BCUT2D eigenvalue weighted by atomic mass is 35.5. The van der Waals surface area contributed by atoms with E-state index < -0.39 is 0 Å². The first kappa shape index (κ1) is 17.4. The summed E-state index contributed by atoms with van der Waals surface area (Å²) in [4.78, 5) is 0. The number of rotatable bonds is 4. The molecule has 0 aliphatic heterocycles. The lowest BCUT2D eigenvalue weighted by Crippen LogP contribution is -2.19. The Kier molecular flexibility index (Phi) is 5.00. The molecule has 2 heterocycles. The third-order valence-corrected chi connectivity index (χ3v) is 4.28. The average molecular weight is 379 g/mol. The number of halogens is 2. The molecular weight excluding hydrogens is 363 g/mol. The highest BCUT2D eigenvalue weighted by Crippen LogP contribution is 2.19. The number of nitrogens with zero attached hydrogens (tertiary/aromatic N) is 4. The van der Waals surface area contributed by atoms with Gasteiger partial charge in [0.05, 0.1) is 36.0 Å². The Morgan fingerprint density at radius 2 is 2.08 bits per heavy atom. The van der Waals surface area contributed by atoms with Crippen molar-refractivity contribution in [2.24, 2.45) is 7.05 Å². The van der Waals surface area contributed by atoms with Crippen molar-refractivity contribution in [2.75, 3.05) is 10.6 Å². The lowest BCUT2D eigenvalue weighted by molar-refractivity contribution is 0.624. The van der Waals surface area contributed by atoms with Crippen LogP contribution in [0.25, 0.3) is 0 Å². The summed E-state index contributed by atoms with van der Waals surface area (Å²) in [5, 5.41) is 15.4. The summed E-state index contributed by atoms with van der Waals surface area (Å²) in [5.41, 5.74) is 3.33. The summed E-state index contributed by atoms with van der Waals surface area (Å²) < 4.78 is 16.6. The number of anilines is 2. The van der Waals surface area contributed by atoms with Crippen LogP contribution in [0.2, 0.25) is 5.02 Å². The molecule has 0 radical (unpaired) electrons. The number of hydrogen-bond donors (Lipinski definition) is 2. The zero-order valence-corrected chi connectivity index (χ0v) is 15.2. The predicted octanol–water partition coefficient (Wildman–Crippen LogP) is 3.57. The van der Waals surface area contributed by atoms with Crippen LogP contribution in [0.4, 0.5) is 15.8 Å². The fraction of sp³-hybridized carbons (Fsp3) is 0.188. The van der Waals surface area contributed by atoms with Gasteiger partial charge in [0.1, 0.15) is 5.82 Å². The maximum Gasteiger partial charge on any atom is 0.175 e. The van der Waals surface area contributed by atoms with E-state index in [1.807, 2.05) is 14.0 Å². The molecule has 25 heavy (non-hydrogen) atoms. The zero-order chi connectivity index (χ0) is 18.0. The Bertz CT molecular complexity index is 919. The number of benzene rings is 1. The number of nitrogens with one attached hydrogen (secondary N) is 2. The van der Waals surface area contributed by atoms with Gasteiger partial charge in [0.25, 0.3) is 0 Å². The predicted molar refractivity (Wildman–Crippen MR) is 101 cm³/mol. The molecule has 0 bridgehead atoms. The standard InChI is InChI=1S/C16H16ClFN6S/c1-10-15(7-19-23(10)2)22-16(25)21-13-6-20-24(9-13)8-11-3-4-12(18)5-14(11)17/h3-7,9H,8H2,1-2H3,(H2,21,22,25). The van der Waals surface area contributed by atoms with Gasteiger partial charge < -0.3 is 10.6 Å². The molecule has 0 fully saturated rings. The fourth-order valence-electron chi connectivity index (χ4n) is 2.25. The van der Waals surface area contributed by atoms with E-state index in [1.165, 1.54) is 12.1 Å².